The Labute approximate surface area is 65.8 Å². The van der Waals surface area contributed by atoms with Gasteiger partial charge in [0, 0.05) is 7.05 Å². The fraction of sp³-hybridized carbons (Fsp3) is 0.833. The lowest BCUT2D eigenvalue weighted by Gasteiger charge is -2.00. The van der Waals surface area contributed by atoms with Crippen LogP contribution in [0.3, 0.4) is 0 Å². The van der Waals surface area contributed by atoms with Gasteiger partial charge in [-0.1, -0.05) is 0 Å². The van der Waals surface area contributed by atoms with E-state index in [9.17, 15) is 4.79 Å². The van der Waals surface area contributed by atoms with Crippen LogP contribution in [-0.2, 0) is 9.53 Å². The molecule has 0 aromatic heterocycles. The molecule has 0 aromatic rings. The predicted molar refractivity (Wildman–Crippen MR) is 40.3 cm³/mol. The summed E-state index contributed by atoms with van der Waals surface area (Å²) in [7, 11) is 1.58. The largest absolute Gasteiger partial charge is 0.465 e. The zero-order chi connectivity index (χ0) is 8.53. The molecule has 0 amide bonds. The van der Waals surface area contributed by atoms with Gasteiger partial charge in [-0.05, 0) is 6.92 Å². The average molecular weight is 159 g/mol. The maximum absolute atomic E-state index is 10.6. The van der Waals surface area contributed by atoms with Gasteiger partial charge in [-0.25, -0.2) is 0 Å². The summed E-state index contributed by atoms with van der Waals surface area (Å²) in [6.45, 7) is 2.72. The van der Waals surface area contributed by atoms with E-state index < -0.39 is 0 Å². The molecular weight excluding hydrogens is 146 g/mol. The molecule has 0 spiro atoms. The molecule has 0 rings (SSSR count). The van der Waals surface area contributed by atoms with Gasteiger partial charge < -0.3 is 4.74 Å². The summed E-state index contributed by atoms with van der Waals surface area (Å²) in [4.78, 5) is 10.6. The first-order valence-electron chi connectivity index (χ1n) is 3.43. The molecule has 1 N–H and O–H groups in total. The maximum Gasteiger partial charge on any atom is 0.319 e. The molecule has 0 bridgehead atoms. The molecule has 5 nitrogen and oxygen atoms in total. The van der Waals surface area contributed by atoms with Gasteiger partial charge in [0.1, 0.15) is 6.67 Å². The van der Waals surface area contributed by atoms with Gasteiger partial charge in [0.15, 0.2) is 0 Å². The number of ether oxygens (including phenoxy) is 1. The summed E-state index contributed by atoms with van der Waals surface area (Å²) in [5.41, 5.74) is 0. The monoisotopic (exact) mass is 159 g/mol. The predicted octanol–water partition coefficient (Wildman–Crippen LogP) is 0.179. The van der Waals surface area contributed by atoms with Crippen molar-refractivity contribution in [1.82, 2.24) is 5.32 Å². The fourth-order valence-corrected chi connectivity index (χ4v) is 0.491. The number of nitrogens with zero attached hydrogens (tertiary/aromatic N) is 2. The first kappa shape index (κ1) is 10.0. The van der Waals surface area contributed by atoms with Crippen LogP contribution in [0.15, 0.2) is 10.2 Å². The van der Waals surface area contributed by atoms with Crippen LogP contribution in [0.4, 0.5) is 0 Å². The molecule has 0 aliphatic carbocycles. The Morgan fingerprint density at radius 2 is 2.36 bits per heavy atom. The number of hydrogen-bond acceptors (Lipinski definition) is 5. The normalized spacial score (nSPS) is 10.4. The van der Waals surface area contributed by atoms with Crippen molar-refractivity contribution in [3.05, 3.63) is 0 Å². The highest BCUT2D eigenvalue weighted by Gasteiger charge is 1.97. The van der Waals surface area contributed by atoms with Gasteiger partial charge in [0.25, 0.3) is 0 Å². The highest BCUT2D eigenvalue weighted by Crippen LogP contribution is 1.74. The van der Waals surface area contributed by atoms with Crippen molar-refractivity contribution >= 4 is 5.97 Å². The molecule has 0 atom stereocenters. The van der Waals surface area contributed by atoms with E-state index in [-0.39, 0.29) is 12.5 Å². The Hall–Kier alpha value is -0.970. The van der Waals surface area contributed by atoms with Crippen molar-refractivity contribution in [2.45, 2.75) is 6.92 Å². The van der Waals surface area contributed by atoms with Crippen LogP contribution in [-0.4, -0.2) is 32.8 Å². The maximum atomic E-state index is 10.6. The molecule has 11 heavy (non-hydrogen) atoms. The highest BCUT2D eigenvalue weighted by molar-refractivity contribution is 5.71. The first-order chi connectivity index (χ1) is 5.31. The van der Waals surface area contributed by atoms with Gasteiger partial charge in [-0.15, -0.1) is 0 Å². The lowest BCUT2D eigenvalue weighted by Crippen LogP contribution is -2.24. The summed E-state index contributed by atoms with van der Waals surface area (Å²) >= 11 is 0. The van der Waals surface area contributed by atoms with E-state index in [4.69, 9.17) is 0 Å². The summed E-state index contributed by atoms with van der Waals surface area (Å²) in [6.07, 6.45) is 0. The van der Waals surface area contributed by atoms with Crippen LogP contribution in [0.2, 0.25) is 0 Å². The zero-order valence-electron chi connectivity index (χ0n) is 6.83. The second-order valence-corrected chi connectivity index (χ2v) is 1.73. The van der Waals surface area contributed by atoms with Crippen molar-refractivity contribution in [2.24, 2.45) is 10.2 Å². The van der Waals surface area contributed by atoms with Crippen molar-refractivity contribution < 1.29 is 9.53 Å². The molecular formula is C6H13N3O2. The molecule has 0 heterocycles. The van der Waals surface area contributed by atoms with Gasteiger partial charge in [-0.3, -0.25) is 10.1 Å². The van der Waals surface area contributed by atoms with Gasteiger partial charge in [0.05, 0.1) is 13.2 Å². The number of carbonyl (C=O) groups excluding carboxylic acids is 1. The zero-order valence-corrected chi connectivity index (χ0v) is 6.83. The molecule has 5 heteroatoms. The minimum atomic E-state index is -0.265. The molecule has 0 unspecified atom stereocenters. The lowest BCUT2D eigenvalue weighted by atomic mass is 10.6. The molecule has 64 valence electrons. The standard InChI is InChI=1S/C6H13N3O2/c1-3-11-6(10)4-8-5-9-7-2/h8H,3-5H2,1-2H3/b9-7+. The highest BCUT2D eigenvalue weighted by atomic mass is 16.5. The topological polar surface area (TPSA) is 63.0 Å². The van der Waals surface area contributed by atoms with Crippen LogP contribution in [0.5, 0.6) is 0 Å². The van der Waals surface area contributed by atoms with E-state index in [0.29, 0.717) is 13.3 Å². The van der Waals surface area contributed by atoms with E-state index >= 15 is 0 Å². The van der Waals surface area contributed by atoms with Crippen LogP contribution < -0.4 is 5.32 Å². The Bertz CT molecular complexity index is 136. The Kier molecular flexibility index (Phi) is 6.51. The summed E-state index contributed by atoms with van der Waals surface area (Å²) in [6, 6.07) is 0. The molecule has 0 aliphatic rings. The average Bonchev–Trinajstić information content (AvgIpc) is 1.99. The molecule has 0 aromatic carbocycles. The molecule has 0 aliphatic heterocycles. The van der Waals surface area contributed by atoms with Crippen LogP contribution in [0.1, 0.15) is 6.92 Å². The number of nitrogens with one attached hydrogen (secondary N) is 1. The van der Waals surface area contributed by atoms with Crippen LogP contribution in [0.25, 0.3) is 0 Å². The number of carbonyl (C=O) groups is 1. The van der Waals surface area contributed by atoms with Gasteiger partial charge in [0.2, 0.25) is 0 Å². The van der Waals surface area contributed by atoms with E-state index in [2.05, 4.69) is 20.3 Å². The van der Waals surface area contributed by atoms with Crippen molar-refractivity contribution in [3.63, 3.8) is 0 Å². The van der Waals surface area contributed by atoms with E-state index in [0.717, 1.165) is 0 Å². The Balaban J connectivity index is 3.17. The molecule has 0 fully saturated rings. The second-order valence-electron chi connectivity index (χ2n) is 1.73. The van der Waals surface area contributed by atoms with E-state index in [1.54, 1.807) is 14.0 Å². The SMILES string of the molecule is CCOC(=O)CNC/N=N/C. The first-order valence-corrected chi connectivity index (χ1v) is 3.43. The Morgan fingerprint density at radius 3 is 2.91 bits per heavy atom. The fourth-order valence-electron chi connectivity index (χ4n) is 0.491. The van der Waals surface area contributed by atoms with E-state index in [1.165, 1.54) is 0 Å². The van der Waals surface area contributed by atoms with Crippen molar-refractivity contribution in [3.8, 4) is 0 Å². The molecule has 0 saturated carbocycles. The third-order valence-electron chi connectivity index (χ3n) is 0.899. The number of esters is 1. The second kappa shape index (κ2) is 7.14. The number of hydrogen-bond donors (Lipinski definition) is 1. The quantitative estimate of drug-likeness (QED) is 0.353. The van der Waals surface area contributed by atoms with Gasteiger partial charge in [-0.2, -0.15) is 10.2 Å². The summed E-state index contributed by atoms with van der Waals surface area (Å²) in [5.74, 6) is -0.265. The van der Waals surface area contributed by atoms with Crippen molar-refractivity contribution in [2.75, 3.05) is 26.9 Å². The number of rotatable bonds is 5. The third kappa shape index (κ3) is 6.92. The van der Waals surface area contributed by atoms with Crippen LogP contribution >= 0.6 is 0 Å². The van der Waals surface area contributed by atoms with Crippen LogP contribution in [0, 0.1) is 0 Å². The minimum absolute atomic E-state index is 0.187. The van der Waals surface area contributed by atoms with Gasteiger partial charge >= 0.3 is 5.97 Å². The summed E-state index contributed by atoms with van der Waals surface area (Å²) in [5, 5.41) is 9.83. The number of azo groups is 1. The van der Waals surface area contributed by atoms with Crippen molar-refractivity contribution in [1.29, 1.82) is 0 Å². The van der Waals surface area contributed by atoms with E-state index in [1.807, 2.05) is 0 Å². The lowest BCUT2D eigenvalue weighted by molar-refractivity contribution is -0.141. The molecule has 0 radical (unpaired) electrons. The smallest absolute Gasteiger partial charge is 0.319 e. The molecule has 0 saturated heterocycles. The minimum Gasteiger partial charge on any atom is -0.465 e. The summed E-state index contributed by atoms with van der Waals surface area (Å²) < 4.78 is 4.65. The Morgan fingerprint density at radius 1 is 1.64 bits per heavy atom. The third-order valence-corrected chi connectivity index (χ3v) is 0.899.